The zero-order valence-electron chi connectivity index (χ0n) is 8.71. The molecule has 1 aromatic heterocycles. The Labute approximate surface area is 83.8 Å². The molecule has 14 heavy (non-hydrogen) atoms. The predicted octanol–water partition coefficient (Wildman–Crippen LogP) is 1.74. The highest BCUT2D eigenvalue weighted by Gasteiger charge is 2.40. The van der Waals surface area contributed by atoms with Crippen LogP contribution in [0.15, 0.2) is 23.1 Å². The van der Waals surface area contributed by atoms with Gasteiger partial charge in [0.2, 0.25) is 0 Å². The van der Waals surface area contributed by atoms with E-state index in [1.165, 1.54) is 12.8 Å². The fourth-order valence-electron chi connectivity index (χ4n) is 1.65. The maximum Gasteiger partial charge on any atom is 0.252 e. The lowest BCUT2D eigenvalue weighted by molar-refractivity contribution is 0.700. The number of hydrogen-bond acceptors (Lipinski definition) is 2. The van der Waals surface area contributed by atoms with Crippen LogP contribution in [0.4, 0.5) is 5.69 Å². The van der Waals surface area contributed by atoms with Crippen LogP contribution in [0.25, 0.3) is 0 Å². The van der Waals surface area contributed by atoms with Crippen LogP contribution >= 0.6 is 0 Å². The van der Waals surface area contributed by atoms with Gasteiger partial charge < -0.3 is 9.88 Å². The second-order valence-electron chi connectivity index (χ2n) is 4.12. The zero-order chi connectivity index (χ0) is 10.2. The molecule has 1 aromatic rings. The van der Waals surface area contributed by atoms with Crippen molar-refractivity contribution >= 4 is 5.69 Å². The normalized spacial score (nSPS) is 17.9. The number of pyridine rings is 1. The first-order valence-electron chi connectivity index (χ1n) is 5.10. The number of nitrogens with one attached hydrogen (secondary N) is 1. The van der Waals surface area contributed by atoms with Crippen LogP contribution in [0.5, 0.6) is 0 Å². The summed E-state index contributed by atoms with van der Waals surface area (Å²) in [7, 11) is 1.76. The zero-order valence-corrected chi connectivity index (χ0v) is 8.71. The molecule has 0 spiro atoms. The summed E-state index contributed by atoms with van der Waals surface area (Å²) < 4.78 is 1.58. The van der Waals surface area contributed by atoms with Crippen LogP contribution in [-0.2, 0) is 7.05 Å². The van der Waals surface area contributed by atoms with Crippen molar-refractivity contribution in [3.8, 4) is 0 Å². The molecule has 0 aliphatic heterocycles. The molecule has 2 rings (SSSR count). The van der Waals surface area contributed by atoms with Gasteiger partial charge in [-0.05, 0) is 25.3 Å². The monoisotopic (exact) mass is 192 g/mol. The van der Waals surface area contributed by atoms with Gasteiger partial charge in [-0.25, -0.2) is 0 Å². The molecule has 1 fully saturated rings. The largest absolute Gasteiger partial charge is 0.379 e. The van der Waals surface area contributed by atoms with E-state index in [0.717, 1.165) is 12.1 Å². The SMILES string of the molecule is CCC1(Nc2ccn(C)c(=O)c2)CC1. The van der Waals surface area contributed by atoms with Gasteiger partial charge in [0.1, 0.15) is 0 Å². The molecule has 3 nitrogen and oxygen atoms in total. The van der Waals surface area contributed by atoms with E-state index in [1.54, 1.807) is 23.9 Å². The summed E-state index contributed by atoms with van der Waals surface area (Å²) in [5.74, 6) is 0. The van der Waals surface area contributed by atoms with E-state index < -0.39 is 0 Å². The third-order valence-electron chi connectivity index (χ3n) is 3.04. The van der Waals surface area contributed by atoms with Crippen LogP contribution in [0.1, 0.15) is 26.2 Å². The maximum atomic E-state index is 11.4. The van der Waals surface area contributed by atoms with E-state index in [9.17, 15) is 4.79 Å². The van der Waals surface area contributed by atoms with Crippen molar-refractivity contribution < 1.29 is 0 Å². The second-order valence-corrected chi connectivity index (χ2v) is 4.12. The van der Waals surface area contributed by atoms with Gasteiger partial charge in [0, 0.05) is 30.5 Å². The lowest BCUT2D eigenvalue weighted by Crippen LogP contribution is -2.22. The van der Waals surface area contributed by atoms with E-state index >= 15 is 0 Å². The van der Waals surface area contributed by atoms with Crippen molar-refractivity contribution in [3.63, 3.8) is 0 Å². The quantitative estimate of drug-likeness (QED) is 0.791. The highest BCUT2D eigenvalue weighted by molar-refractivity contribution is 5.45. The predicted molar refractivity (Wildman–Crippen MR) is 57.6 cm³/mol. The molecule has 0 atom stereocenters. The minimum absolute atomic E-state index is 0.0434. The van der Waals surface area contributed by atoms with Gasteiger partial charge in [-0.2, -0.15) is 0 Å². The Kier molecular flexibility index (Phi) is 2.10. The summed E-state index contributed by atoms with van der Waals surface area (Å²) >= 11 is 0. The van der Waals surface area contributed by atoms with E-state index in [2.05, 4.69) is 12.2 Å². The molecule has 0 amide bonds. The number of rotatable bonds is 3. The van der Waals surface area contributed by atoms with E-state index in [-0.39, 0.29) is 11.1 Å². The van der Waals surface area contributed by atoms with Crippen molar-refractivity contribution in [3.05, 3.63) is 28.7 Å². The summed E-state index contributed by atoms with van der Waals surface area (Å²) in [6.07, 6.45) is 5.37. The Morgan fingerprint density at radius 2 is 2.29 bits per heavy atom. The molecule has 76 valence electrons. The molecule has 0 radical (unpaired) electrons. The van der Waals surface area contributed by atoms with Gasteiger partial charge >= 0.3 is 0 Å². The molecule has 0 aromatic carbocycles. The molecular weight excluding hydrogens is 176 g/mol. The smallest absolute Gasteiger partial charge is 0.252 e. The topological polar surface area (TPSA) is 34.0 Å². The summed E-state index contributed by atoms with van der Waals surface area (Å²) in [4.78, 5) is 11.4. The summed E-state index contributed by atoms with van der Waals surface area (Å²) in [5, 5.41) is 3.43. The Balaban J connectivity index is 2.18. The van der Waals surface area contributed by atoms with Gasteiger partial charge in [-0.15, -0.1) is 0 Å². The maximum absolute atomic E-state index is 11.4. The average Bonchev–Trinajstić information content (AvgIpc) is 2.93. The first kappa shape index (κ1) is 9.31. The van der Waals surface area contributed by atoms with Crippen LogP contribution in [0.2, 0.25) is 0 Å². The van der Waals surface area contributed by atoms with Crippen LogP contribution < -0.4 is 10.9 Å². The Hall–Kier alpha value is -1.25. The van der Waals surface area contributed by atoms with Crippen LogP contribution in [-0.4, -0.2) is 10.1 Å². The third-order valence-corrected chi connectivity index (χ3v) is 3.04. The van der Waals surface area contributed by atoms with E-state index in [4.69, 9.17) is 0 Å². The molecule has 0 unspecified atom stereocenters. The fourth-order valence-corrected chi connectivity index (χ4v) is 1.65. The minimum atomic E-state index is 0.0434. The number of hydrogen-bond donors (Lipinski definition) is 1. The number of anilines is 1. The van der Waals surface area contributed by atoms with Crippen molar-refractivity contribution in [2.45, 2.75) is 31.7 Å². The number of aryl methyl sites for hydroxylation is 1. The molecule has 1 saturated carbocycles. The van der Waals surface area contributed by atoms with Gasteiger partial charge in [-0.1, -0.05) is 6.92 Å². The summed E-state index contributed by atoms with van der Waals surface area (Å²) in [6, 6.07) is 3.62. The lowest BCUT2D eigenvalue weighted by Gasteiger charge is -2.16. The summed E-state index contributed by atoms with van der Waals surface area (Å²) in [6.45, 7) is 2.18. The Morgan fingerprint density at radius 1 is 1.57 bits per heavy atom. The molecule has 1 aliphatic carbocycles. The van der Waals surface area contributed by atoms with Gasteiger partial charge in [0.05, 0.1) is 0 Å². The molecule has 1 aliphatic rings. The van der Waals surface area contributed by atoms with Gasteiger partial charge in [0.25, 0.3) is 5.56 Å². The van der Waals surface area contributed by atoms with Crippen LogP contribution in [0, 0.1) is 0 Å². The minimum Gasteiger partial charge on any atom is -0.379 e. The second kappa shape index (κ2) is 3.15. The van der Waals surface area contributed by atoms with Crippen molar-refractivity contribution in [1.82, 2.24) is 4.57 Å². The molecule has 3 heteroatoms. The van der Waals surface area contributed by atoms with E-state index in [1.807, 2.05) is 6.07 Å². The molecule has 0 saturated heterocycles. The number of aromatic nitrogens is 1. The van der Waals surface area contributed by atoms with Crippen molar-refractivity contribution in [2.24, 2.45) is 7.05 Å². The fraction of sp³-hybridized carbons (Fsp3) is 0.545. The first-order chi connectivity index (χ1) is 6.65. The van der Waals surface area contributed by atoms with Crippen LogP contribution in [0.3, 0.4) is 0 Å². The van der Waals surface area contributed by atoms with Gasteiger partial charge in [-0.3, -0.25) is 4.79 Å². The molecule has 0 bridgehead atoms. The highest BCUT2D eigenvalue weighted by atomic mass is 16.1. The standard InChI is InChI=1S/C11H16N2O/c1-3-11(5-6-11)12-9-4-7-13(2)10(14)8-9/h4,7-8,12H,3,5-6H2,1-2H3. The summed E-state index contributed by atoms with van der Waals surface area (Å²) in [5.41, 5.74) is 1.28. The Bertz CT molecular complexity index is 391. The average molecular weight is 192 g/mol. The molecule has 1 heterocycles. The third kappa shape index (κ3) is 1.67. The molecular formula is C11H16N2O. The lowest BCUT2D eigenvalue weighted by atomic mass is 10.2. The number of nitrogens with zero attached hydrogens (tertiary/aromatic N) is 1. The molecule has 1 N–H and O–H groups in total. The highest BCUT2D eigenvalue weighted by Crippen LogP contribution is 2.41. The van der Waals surface area contributed by atoms with Crippen molar-refractivity contribution in [1.29, 1.82) is 0 Å². The Morgan fingerprint density at radius 3 is 2.79 bits per heavy atom. The van der Waals surface area contributed by atoms with E-state index in [0.29, 0.717) is 0 Å². The van der Waals surface area contributed by atoms with Gasteiger partial charge in [0.15, 0.2) is 0 Å². The first-order valence-corrected chi connectivity index (χ1v) is 5.10. The van der Waals surface area contributed by atoms with Crippen molar-refractivity contribution in [2.75, 3.05) is 5.32 Å².